The quantitative estimate of drug-likeness (QED) is 0.916. The highest BCUT2D eigenvalue weighted by atomic mass is 16.2. The number of hydrogen-bond donors (Lipinski definition) is 1. The minimum atomic E-state index is -0.470. The Hall–Kier alpha value is -2.62. The number of para-hydroxylation sites is 2. The molecule has 0 bridgehead atoms. The molecule has 0 spiro atoms. The van der Waals surface area contributed by atoms with Gasteiger partial charge in [-0.05, 0) is 35.6 Å². The Kier molecular flexibility index (Phi) is 4.62. The van der Waals surface area contributed by atoms with Crippen molar-refractivity contribution >= 4 is 23.2 Å². The highest BCUT2D eigenvalue weighted by Gasteiger charge is 2.37. The molecule has 1 fully saturated rings. The predicted octanol–water partition coefficient (Wildman–Crippen LogP) is 4.12. The Bertz CT molecular complexity index is 778. The van der Waals surface area contributed by atoms with Crippen molar-refractivity contribution in [3.05, 3.63) is 60.2 Å². The molecule has 0 radical (unpaired) electrons. The third-order valence-electron chi connectivity index (χ3n) is 4.54. The first-order chi connectivity index (χ1) is 11.9. The molecule has 2 amide bonds. The molecule has 2 aromatic rings. The van der Waals surface area contributed by atoms with E-state index in [4.69, 9.17) is 0 Å². The molecule has 1 saturated heterocycles. The van der Waals surface area contributed by atoms with Crippen molar-refractivity contribution in [1.82, 2.24) is 0 Å². The monoisotopic (exact) mass is 336 g/mol. The Morgan fingerprint density at radius 1 is 1.04 bits per heavy atom. The highest BCUT2D eigenvalue weighted by Crippen LogP contribution is 2.31. The third kappa shape index (κ3) is 3.58. The molecule has 1 heterocycles. The van der Waals surface area contributed by atoms with Gasteiger partial charge in [-0.3, -0.25) is 14.5 Å². The number of nitrogens with zero attached hydrogens (tertiary/aromatic N) is 1. The molecule has 130 valence electrons. The van der Waals surface area contributed by atoms with Crippen LogP contribution in [-0.2, 0) is 15.0 Å². The lowest BCUT2D eigenvalue weighted by Gasteiger charge is -2.26. The number of hydrogen-bond acceptors (Lipinski definition) is 2. The van der Waals surface area contributed by atoms with Crippen molar-refractivity contribution in [2.45, 2.75) is 45.1 Å². The fourth-order valence-corrected chi connectivity index (χ4v) is 3.31. The second-order valence-corrected chi connectivity index (χ2v) is 7.44. The molecule has 1 atom stereocenters. The summed E-state index contributed by atoms with van der Waals surface area (Å²) in [5.74, 6) is -0.137. The molecule has 2 aromatic carbocycles. The van der Waals surface area contributed by atoms with Crippen LogP contribution in [0.1, 0.15) is 39.2 Å². The first kappa shape index (κ1) is 17.2. The lowest BCUT2D eigenvalue weighted by Crippen LogP contribution is -2.42. The average molecular weight is 336 g/mol. The van der Waals surface area contributed by atoms with Crippen molar-refractivity contribution in [1.29, 1.82) is 0 Å². The van der Waals surface area contributed by atoms with Crippen molar-refractivity contribution in [2.24, 2.45) is 0 Å². The van der Waals surface area contributed by atoms with E-state index in [2.05, 4.69) is 26.1 Å². The first-order valence-electron chi connectivity index (χ1n) is 8.65. The van der Waals surface area contributed by atoms with Crippen LogP contribution in [0.2, 0.25) is 0 Å². The minimum Gasteiger partial charge on any atom is -0.324 e. The van der Waals surface area contributed by atoms with Gasteiger partial charge in [0.15, 0.2) is 0 Å². The van der Waals surface area contributed by atoms with Crippen LogP contribution in [0.4, 0.5) is 11.4 Å². The van der Waals surface area contributed by atoms with Crippen molar-refractivity contribution < 1.29 is 9.59 Å². The van der Waals surface area contributed by atoms with Gasteiger partial charge in [-0.25, -0.2) is 0 Å². The largest absolute Gasteiger partial charge is 0.324 e. The van der Waals surface area contributed by atoms with Gasteiger partial charge >= 0.3 is 0 Å². The average Bonchev–Trinajstić information content (AvgIpc) is 2.97. The normalized spacial score (nSPS) is 17.6. The standard InChI is InChI=1S/C21H24N2O2/c1-21(2,3)16-11-7-8-12-17(16)22-20(25)18-13-14-19(24)23(18)15-9-5-4-6-10-15/h4-12,18H,13-14H2,1-3H3,(H,22,25). The number of anilines is 2. The number of carbonyl (C=O) groups excluding carboxylic acids is 2. The van der Waals surface area contributed by atoms with E-state index in [9.17, 15) is 9.59 Å². The fourth-order valence-electron chi connectivity index (χ4n) is 3.31. The van der Waals surface area contributed by atoms with Gasteiger partial charge < -0.3 is 5.32 Å². The summed E-state index contributed by atoms with van der Waals surface area (Å²) < 4.78 is 0. The second-order valence-electron chi connectivity index (χ2n) is 7.44. The summed E-state index contributed by atoms with van der Waals surface area (Å²) in [5.41, 5.74) is 2.59. The summed E-state index contributed by atoms with van der Waals surface area (Å²) >= 11 is 0. The zero-order valence-electron chi connectivity index (χ0n) is 15.0. The van der Waals surface area contributed by atoms with Crippen LogP contribution >= 0.6 is 0 Å². The Morgan fingerprint density at radius 3 is 2.36 bits per heavy atom. The summed E-state index contributed by atoms with van der Waals surface area (Å²) in [6.07, 6.45) is 0.936. The van der Waals surface area contributed by atoms with Gasteiger partial charge in [-0.1, -0.05) is 57.2 Å². The number of carbonyl (C=O) groups is 2. The Balaban J connectivity index is 1.86. The van der Waals surface area contributed by atoms with E-state index in [0.717, 1.165) is 16.9 Å². The van der Waals surface area contributed by atoms with Gasteiger partial charge in [-0.15, -0.1) is 0 Å². The Labute approximate surface area is 148 Å². The third-order valence-corrected chi connectivity index (χ3v) is 4.54. The molecule has 0 aromatic heterocycles. The summed E-state index contributed by atoms with van der Waals surface area (Å²) in [4.78, 5) is 26.9. The van der Waals surface area contributed by atoms with Gasteiger partial charge in [0, 0.05) is 17.8 Å². The predicted molar refractivity (Wildman–Crippen MR) is 101 cm³/mol. The number of rotatable bonds is 3. The zero-order valence-corrected chi connectivity index (χ0v) is 15.0. The van der Waals surface area contributed by atoms with Crippen molar-refractivity contribution in [3.63, 3.8) is 0 Å². The molecule has 1 aliphatic heterocycles. The maximum absolute atomic E-state index is 12.9. The maximum Gasteiger partial charge on any atom is 0.247 e. The second kappa shape index (κ2) is 6.71. The maximum atomic E-state index is 12.9. The summed E-state index contributed by atoms with van der Waals surface area (Å²) in [5, 5.41) is 3.05. The minimum absolute atomic E-state index is 0.00421. The summed E-state index contributed by atoms with van der Waals surface area (Å²) in [6, 6.07) is 16.8. The van der Waals surface area contributed by atoms with E-state index >= 15 is 0 Å². The molecule has 4 nitrogen and oxygen atoms in total. The fraction of sp³-hybridized carbons (Fsp3) is 0.333. The Morgan fingerprint density at radius 2 is 1.68 bits per heavy atom. The van der Waals surface area contributed by atoms with Crippen molar-refractivity contribution in [2.75, 3.05) is 10.2 Å². The zero-order chi connectivity index (χ0) is 18.0. The molecule has 1 unspecified atom stereocenters. The number of amides is 2. The van der Waals surface area contributed by atoms with Crippen LogP contribution in [-0.4, -0.2) is 17.9 Å². The van der Waals surface area contributed by atoms with Crippen LogP contribution in [0.3, 0.4) is 0 Å². The molecule has 4 heteroatoms. The van der Waals surface area contributed by atoms with Crippen LogP contribution in [0.15, 0.2) is 54.6 Å². The lowest BCUT2D eigenvalue weighted by molar-refractivity contribution is -0.120. The molecule has 0 aliphatic carbocycles. The van der Waals surface area contributed by atoms with Crippen LogP contribution in [0, 0.1) is 0 Å². The van der Waals surface area contributed by atoms with Crippen LogP contribution < -0.4 is 10.2 Å². The van der Waals surface area contributed by atoms with E-state index in [1.54, 1.807) is 4.90 Å². The van der Waals surface area contributed by atoms with Crippen molar-refractivity contribution in [3.8, 4) is 0 Å². The smallest absolute Gasteiger partial charge is 0.247 e. The lowest BCUT2D eigenvalue weighted by atomic mass is 9.86. The van der Waals surface area contributed by atoms with Gasteiger partial charge in [0.05, 0.1) is 0 Å². The highest BCUT2D eigenvalue weighted by molar-refractivity contribution is 6.07. The van der Waals surface area contributed by atoms with Gasteiger partial charge in [0.25, 0.3) is 0 Å². The van der Waals surface area contributed by atoms with Crippen LogP contribution in [0.5, 0.6) is 0 Å². The van der Waals surface area contributed by atoms with Gasteiger partial charge in [-0.2, -0.15) is 0 Å². The van der Waals surface area contributed by atoms with E-state index < -0.39 is 6.04 Å². The van der Waals surface area contributed by atoms with E-state index in [0.29, 0.717) is 12.8 Å². The molecule has 1 N–H and O–H groups in total. The van der Waals surface area contributed by atoms with E-state index in [1.807, 2.05) is 54.6 Å². The molecule has 25 heavy (non-hydrogen) atoms. The summed E-state index contributed by atoms with van der Waals surface area (Å²) in [7, 11) is 0. The first-order valence-corrected chi connectivity index (χ1v) is 8.65. The molecule has 1 aliphatic rings. The SMILES string of the molecule is CC(C)(C)c1ccccc1NC(=O)C1CCC(=O)N1c1ccccc1. The van der Waals surface area contributed by atoms with Crippen LogP contribution in [0.25, 0.3) is 0 Å². The van der Waals surface area contributed by atoms with E-state index in [1.165, 1.54) is 0 Å². The van der Waals surface area contributed by atoms with Gasteiger partial charge in [0.2, 0.25) is 11.8 Å². The van der Waals surface area contributed by atoms with E-state index in [-0.39, 0.29) is 17.2 Å². The molecular weight excluding hydrogens is 312 g/mol. The molecule has 3 rings (SSSR count). The molecule has 0 saturated carbocycles. The number of nitrogens with one attached hydrogen (secondary N) is 1. The molecular formula is C21H24N2O2. The number of benzene rings is 2. The summed E-state index contributed by atoms with van der Waals surface area (Å²) in [6.45, 7) is 6.36. The van der Waals surface area contributed by atoms with Gasteiger partial charge in [0.1, 0.15) is 6.04 Å². The topological polar surface area (TPSA) is 49.4 Å².